The summed E-state index contributed by atoms with van der Waals surface area (Å²) >= 11 is 0. The van der Waals surface area contributed by atoms with Crippen LogP contribution in [-0.2, 0) is 16.6 Å². The van der Waals surface area contributed by atoms with Crippen LogP contribution < -0.4 is 10.5 Å². The number of guanidine groups is 1. The van der Waals surface area contributed by atoms with Crippen molar-refractivity contribution in [3.05, 3.63) is 48.5 Å². The molecule has 3 rings (SSSR count). The number of benzene rings is 1. The van der Waals surface area contributed by atoms with E-state index in [0.29, 0.717) is 18.5 Å². The van der Waals surface area contributed by atoms with Crippen LogP contribution in [0.5, 0.6) is 0 Å². The van der Waals surface area contributed by atoms with Crippen LogP contribution in [-0.4, -0.2) is 48.5 Å². The number of piperidine rings is 1. The maximum Gasteiger partial charge on any atom is 0.238 e. The monoisotopic (exact) mass is 532 g/mol. The fourth-order valence-corrected chi connectivity index (χ4v) is 4.09. The van der Waals surface area contributed by atoms with E-state index in [2.05, 4.69) is 26.7 Å². The van der Waals surface area contributed by atoms with Crippen molar-refractivity contribution in [1.82, 2.24) is 19.8 Å². The summed E-state index contributed by atoms with van der Waals surface area (Å²) in [6.07, 6.45) is 6.75. The average molecular weight is 532 g/mol. The molecule has 1 saturated heterocycles. The number of sulfonamides is 1. The number of likely N-dealkylation sites (tertiary alicyclic amines) is 1. The van der Waals surface area contributed by atoms with Gasteiger partial charge in [0.15, 0.2) is 5.96 Å². The topological polar surface area (TPSA) is 106 Å². The van der Waals surface area contributed by atoms with Crippen LogP contribution in [0.15, 0.2) is 52.9 Å². The van der Waals surface area contributed by atoms with Gasteiger partial charge in [0.25, 0.3) is 0 Å². The summed E-state index contributed by atoms with van der Waals surface area (Å²) in [5.74, 6) is 1.39. The van der Waals surface area contributed by atoms with E-state index >= 15 is 0 Å². The number of aliphatic imine (C=N–C) groups is 1. The van der Waals surface area contributed by atoms with Crippen molar-refractivity contribution in [3.63, 3.8) is 0 Å². The molecular weight excluding hydrogens is 503 g/mol. The molecule has 2 unspecified atom stereocenters. The van der Waals surface area contributed by atoms with Gasteiger partial charge in [0, 0.05) is 32.0 Å². The number of hydrogen-bond acceptors (Lipinski definition) is 4. The maximum absolute atomic E-state index is 11.6. The summed E-state index contributed by atoms with van der Waals surface area (Å²) in [5, 5.41) is 8.59. The Morgan fingerprint density at radius 1 is 1.41 bits per heavy atom. The lowest BCUT2D eigenvalue weighted by atomic mass is 9.93. The van der Waals surface area contributed by atoms with Crippen LogP contribution in [0, 0.1) is 5.92 Å². The lowest BCUT2D eigenvalue weighted by molar-refractivity contribution is 0.189. The van der Waals surface area contributed by atoms with E-state index in [1.165, 1.54) is 6.07 Å². The van der Waals surface area contributed by atoms with Gasteiger partial charge in [0.05, 0.1) is 23.8 Å². The van der Waals surface area contributed by atoms with E-state index in [9.17, 15) is 8.42 Å². The molecule has 0 aliphatic carbocycles. The van der Waals surface area contributed by atoms with Crippen LogP contribution >= 0.6 is 24.0 Å². The molecule has 29 heavy (non-hydrogen) atoms. The smallest absolute Gasteiger partial charge is 0.238 e. The maximum atomic E-state index is 11.6. The molecule has 0 radical (unpaired) electrons. The fourth-order valence-electron chi connectivity index (χ4n) is 3.51. The molecule has 3 N–H and O–H groups in total. The number of aromatic nitrogens is 2. The Morgan fingerprint density at radius 2 is 2.21 bits per heavy atom. The first-order chi connectivity index (χ1) is 13.4. The number of halogens is 1. The van der Waals surface area contributed by atoms with Crippen molar-refractivity contribution in [2.75, 3.05) is 19.6 Å². The molecule has 8 nitrogen and oxygen atoms in total. The normalized spacial score (nSPS) is 20.2. The van der Waals surface area contributed by atoms with Crippen LogP contribution in [0.25, 0.3) is 0 Å². The third-order valence-corrected chi connectivity index (χ3v) is 6.01. The van der Waals surface area contributed by atoms with E-state index < -0.39 is 10.0 Å². The number of imidazole rings is 1. The fraction of sp³-hybridized carbons (Fsp3) is 0.474. The second-order valence-electron chi connectivity index (χ2n) is 7.15. The van der Waals surface area contributed by atoms with Gasteiger partial charge in [-0.2, -0.15) is 0 Å². The van der Waals surface area contributed by atoms with Crippen LogP contribution in [0.4, 0.5) is 0 Å². The summed E-state index contributed by atoms with van der Waals surface area (Å²) in [5.41, 5.74) is 0.804. The first-order valence-corrected chi connectivity index (χ1v) is 11.1. The Hall–Kier alpha value is -1.66. The number of nitrogens with one attached hydrogen (secondary N) is 1. The predicted molar refractivity (Wildman–Crippen MR) is 125 cm³/mol. The number of nitrogens with two attached hydrogens (primary N) is 1. The Bertz CT molecular complexity index is 917. The molecule has 1 aliphatic rings. The zero-order valence-electron chi connectivity index (χ0n) is 16.7. The Morgan fingerprint density at radius 3 is 2.86 bits per heavy atom. The van der Waals surface area contributed by atoms with Crippen LogP contribution in [0.1, 0.15) is 31.9 Å². The van der Waals surface area contributed by atoms with E-state index in [0.717, 1.165) is 37.6 Å². The first-order valence-electron chi connectivity index (χ1n) is 9.51. The van der Waals surface area contributed by atoms with Gasteiger partial charge >= 0.3 is 0 Å². The van der Waals surface area contributed by atoms with Crippen molar-refractivity contribution < 1.29 is 8.42 Å². The number of hydrogen-bond donors (Lipinski definition) is 2. The van der Waals surface area contributed by atoms with Gasteiger partial charge in [-0.15, -0.1) is 24.0 Å². The van der Waals surface area contributed by atoms with Gasteiger partial charge in [-0.05, 0) is 37.0 Å². The molecule has 1 aromatic carbocycles. The van der Waals surface area contributed by atoms with Crippen molar-refractivity contribution in [2.45, 2.75) is 37.8 Å². The molecule has 1 fully saturated rings. The van der Waals surface area contributed by atoms with Gasteiger partial charge in [-0.1, -0.05) is 19.1 Å². The molecule has 0 amide bonds. The highest BCUT2D eigenvalue weighted by atomic mass is 127. The first kappa shape index (κ1) is 23.6. The predicted octanol–water partition coefficient (Wildman–Crippen LogP) is 2.20. The zero-order chi connectivity index (χ0) is 20.1. The Balaban J connectivity index is 0.00000300. The molecule has 10 heteroatoms. The lowest BCUT2D eigenvalue weighted by Crippen LogP contribution is -2.49. The molecule has 1 aromatic heterocycles. The summed E-state index contributed by atoms with van der Waals surface area (Å²) in [6.45, 7) is 7.23. The third kappa shape index (κ3) is 6.16. The molecule has 160 valence electrons. The van der Waals surface area contributed by atoms with Gasteiger partial charge < -0.3 is 14.8 Å². The number of rotatable bonds is 5. The largest absolute Gasteiger partial charge is 0.357 e. The van der Waals surface area contributed by atoms with E-state index in [4.69, 9.17) is 10.1 Å². The van der Waals surface area contributed by atoms with Gasteiger partial charge in [0.1, 0.15) is 0 Å². The molecule has 2 aromatic rings. The molecule has 0 saturated carbocycles. The molecular formula is C19H29IN6O2S. The molecule has 0 bridgehead atoms. The summed E-state index contributed by atoms with van der Waals surface area (Å²) in [6, 6.07) is 6.96. The second kappa shape index (κ2) is 10.4. The molecule has 0 spiro atoms. The highest BCUT2D eigenvalue weighted by molar-refractivity contribution is 14.0. The van der Waals surface area contributed by atoms with Gasteiger partial charge in [-0.25, -0.2) is 23.5 Å². The Labute approximate surface area is 189 Å². The van der Waals surface area contributed by atoms with Crippen LogP contribution in [0.3, 0.4) is 0 Å². The van der Waals surface area contributed by atoms with Crippen LogP contribution in [0.2, 0.25) is 0 Å². The van der Waals surface area contributed by atoms with Crippen molar-refractivity contribution in [2.24, 2.45) is 16.0 Å². The van der Waals surface area contributed by atoms with Crippen molar-refractivity contribution >= 4 is 40.0 Å². The van der Waals surface area contributed by atoms with Crippen molar-refractivity contribution in [3.8, 4) is 0 Å². The summed E-state index contributed by atoms with van der Waals surface area (Å²) in [4.78, 5) is 11.3. The molecule has 2 heterocycles. The highest BCUT2D eigenvalue weighted by Gasteiger charge is 2.28. The minimum Gasteiger partial charge on any atom is -0.357 e. The van der Waals surface area contributed by atoms with Gasteiger partial charge in [0.2, 0.25) is 10.0 Å². The summed E-state index contributed by atoms with van der Waals surface area (Å²) < 4.78 is 25.3. The third-order valence-electron chi connectivity index (χ3n) is 5.10. The minimum atomic E-state index is -3.72. The summed E-state index contributed by atoms with van der Waals surface area (Å²) in [7, 11) is -3.72. The molecule has 2 atom stereocenters. The van der Waals surface area contributed by atoms with E-state index in [-0.39, 0.29) is 28.9 Å². The number of nitrogens with zero attached hydrogens (tertiary/aromatic N) is 4. The highest BCUT2D eigenvalue weighted by Crippen LogP contribution is 2.27. The Kier molecular flexibility index (Phi) is 8.46. The van der Waals surface area contributed by atoms with Crippen molar-refractivity contribution in [1.29, 1.82) is 0 Å². The lowest BCUT2D eigenvalue weighted by Gasteiger charge is -2.39. The SMILES string of the molecule is CCNC(=NCc1cccc(S(N)(=O)=O)c1)N1CCC(C)C(n2ccnc2)C1.I. The average Bonchev–Trinajstić information content (AvgIpc) is 3.20. The van der Waals surface area contributed by atoms with E-state index in [1.54, 1.807) is 12.1 Å². The van der Waals surface area contributed by atoms with Gasteiger partial charge in [-0.3, -0.25) is 0 Å². The zero-order valence-corrected chi connectivity index (χ0v) is 19.9. The van der Waals surface area contributed by atoms with E-state index in [1.807, 2.05) is 31.7 Å². The molecule has 1 aliphatic heterocycles. The standard InChI is InChI=1S/C19H28N6O2S.HI/c1-3-22-19(23-12-16-5-4-6-17(11-16)28(20,26)27)24-9-7-15(2)18(13-24)25-10-8-21-14-25;/h4-6,8,10-11,14-15,18H,3,7,9,12-13H2,1-2H3,(H,22,23)(H2,20,26,27);1H. The second-order valence-corrected chi connectivity index (χ2v) is 8.71. The minimum absolute atomic E-state index is 0. The number of primary sulfonamides is 1. The quantitative estimate of drug-likeness (QED) is 0.349.